The number of rotatable bonds is 8. The number of amides is 1. The van der Waals surface area contributed by atoms with Gasteiger partial charge < -0.3 is 9.64 Å². The van der Waals surface area contributed by atoms with E-state index in [1.807, 2.05) is 56.0 Å². The largest absolute Gasteiger partial charge is 0.439 e. The molecule has 1 amide bonds. The Morgan fingerprint density at radius 3 is 2.41 bits per heavy atom. The van der Waals surface area contributed by atoms with Gasteiger partial charge in [-0.2, -0.15) is 5.10 Å². The van der Waals surface area contributed by atoms with Crippen LogP contribution in [0.5, 0.6) is 11.6 Å². The molecule has 2 aromatic carbocycles. The number of para-hydroxylation sites is 1. The van der Waals surface area contributed by atoms with Crippen LogP contribution >= 0.6 is 0 Å². The Bertz CT molecular complexity index is 1060. The summed E-state index contributed by atoms with van der Waals surface area (Å²) in [6.45, 7) is 6.56. The van der Waals surface area contributed by atoms with Gasteiger partial charge in [-0.15, -0.1) is 0 Å². The van der Waals surface area contributed by atoms with E-state index in [9.17, 15) is 9.18 Å². The summed E-state index contributed by atoms with van der Waals surface area (Å²) in [7, 11) is 0. The van der Waals surface area contributed by atoms with Gasteiger partial charge in [0.2, 0.25) is 11.8 Å². The monoisotopic (exact) mass is 435 g/mol. The molecular formula is C26H30FN3O2. The van der Waals surface area contributed by atoms with Crippen LogP contribution in [-0.2, 0) is 17.8 Å². The van der Waals surface area contributed by atoms with Gasteiger partial charge in [0.15, 0.2) is 0 Å². The lowest BCUT2D eigenvalue weighted by Gasteiger charge is -2.34. The minimum atomic E-state index is -0.306. The van der Waals surface area contributed by atoms with E-state index >= 15 is 0 Å². The first-order chi connectivity index (χ1) is 15.5. The van der Waals surface area contributed by atoms with E-state index in [4.69, 9.17) is 9.84 Å². The molecule has 0 spiro atoms. The molecule has 0 unspecified atom stereocenters. The van der Waals surface area contributed by atoms with Gasteiger partial charge in [-0.3, -0.25) is 4.79 Å². The third-order valence-corrected chi connectivity index (χ3v) is 6.07. The second-order valence-electron chi connectivity index (χ2n) is 8.58. The molecule has 0 aliphatic heterocycles. The van der Waals surface area contributed by atoms with Crippen LogP contribution in [0.25, 0.3) is 5.69 Å². The van der Waals surface area contributed by atoms with E-state index in [0.29, 0.717) is 30.3 Å². The van der Waals surface area contributed by atoms with Crippen molar-refractivity contribution >= 4 is 5.91 Å². The lowest BCUT2D eigenvalue weighted by molar-refractivity contribution is -0.140. The maximum Gasteiger partial charge on any atom is 0.227 e. The molecule has 0 N–H and O–H groups in total. The number of hydrogen-bond acceptors (Lipinski definition) is 3. The third-order valence-electron chi connectivity index (χ3n) is 6.07. The van der Waals surface area contributed by atoms with E-state index < -0.39 is 0 Å². The Balaban J connectivity index is 1.78. The van der Waals surface area contributed by atoms with Crippen LogP contribution < -0.4 is 4.74 Å². The highest BCUT2D eigenvalue weighted by Gasteiger charge is 2.32. The highest BCUT2D eigenvalue weighted by Crippen LogP contribution is 2.34. The molecule has 168 valence electrons. The fourth-order valence-electron chi connectivity index (χ4n) is 3.96. The predicted octanol–water partition coefficient (Wildman–Crippen LogP) is 5.90. The first-order valence-electron chi connectivity index (χ1n) is 11.4. The molecule has 1 fully saturated rings. The molecule has 0 radical (unpaired) electrons. The minimum Gasteiger partial charge on any atom is -0.439 e. The first-order valence-corrected chi connectivity index (χ1v) is 11.4. The molecule has 3 aromatic rings. The number of carbonyl (C=O) groups excluding carboxylic acids is 1. The SMILES string of the molecule is CCc1nn(-c2ccc(F)cc2)c(Oc2ccccc2)c1CN(C(=O)C1CCC1)C(C)C. The Labute approximate surface area is 188 Å². The molecule has 0 saturated heterocycles. The summed E-state index contributed by atoms with van der Waals surface area (Å²) in [5.74, 6) is 1.26. The Morgan fingerprint density at radius 2 is 1.84 bits per heavy atom. The van der Waals surface area contributed by atoms with Crippen molar-refractivity contribution in [3.8, 4) is 17.3 Å². The van der Waals surface area contributed by atoms with E-state index in [2.05, 4.69) is 0 Å². The van der Waals surface area contributed by atoms with Crippen molar-refractivity contribution in [1.29, 1.82) is 0 Å². The zero-order valence-electron chi connectivity index (χ0n) is 18.9. The molecule has 1 aliphatic carbocycles. The van der Waals surface area contributed by atoms with Gasteiger partial charge in [0.1, 0.15) is 11.6 Å². The van der Waals surface area contributed by atoms with Crippen molar-refractivity contribution in [2.45, 2.75) is 59.0 Å². The number of nitrogens with zero attached hydrogens (tertiary/aromatic N) is 3. The first kappa shape index (κ1) is 22.1. The highest BCUT2D eigenvalue weighted by molar-refractivity contribution is 5.80. The fraction of sp³-hybridized carbons (Fsp3) is 0.385. The minimum absolute atomic E-state index is 0.0616. The van der Waals surface area contributed by atoms with Gasteiger partial charge in [0.25, 0.3) is 0 Å². The van der Waals surface area contributed by atoms with Gasteiger partial charge in [0.05, 0.1) is 23.5 Å². The van der Waals surface area contributed by atoms with Crippen LogP contribution in [0.2, 0.25) is 0 Å². The molecule has 32 heavy (non-hydrogen) atoms. The van der Waals surface area contributed by atoms with Crippen LogP contribution in [0.4, 0.5) is 4.39 Å². The molecule has 1 saturated carbocycles. The fourth-order valence-corrected chi connectivity index (χ4v) is 3.96. The van der Waals surface area contributed by atoms with Crippen LogP contribution in [0, 0.1) is 11.7 Å². The van der Waals surface area contributed by atoms with E-state index in [1.165, 1.54) is 12.1 Å². The van der Waals surface area contributed by atoms with Crippen molar-refractivity contribution in [3.63, 3.8) is 0 Å². The van der Waals surface area contributed by atoms with E-state index in [-0.39, 0.29) is 23.7 Å². The molecule has 1 aliphatic rings. The number of aryl methyl sites for hydroxylation is 1. The number of carbonyl (C=O) groups is 1. The van der Waals surface area contributed by atoms with Gasteiger partial charge in [-0.25, -0.2) is 9.07 Å². The number of benzene rings is 2. The van der Waals surface area contributed by atoms with Crippen LogP contribution in [0.1, 0.15) is 51.3 Å². The van der Waals surface area contributed by atoms with Crippen LogP contribution in [0.3, 0.4) is 0 Å². The maximum absolute atomic E-state index is 13.6. The van der Waals surface area contributed by atoms with Crippen molar-refractivity contribution in [2.75, 3.05) is 0 Å². The zero-order chi connectivity index (χ0) is 22.7. The van der Waals surface area contributed by atoms with Gasteiger partial charge in [-0.1, -0.05) is 31.5 Å². The second-order valence-corrected chi connectivity index (χ2v) is 8.58. The summed E-state index contributed by atoms with van der Waals surface area (Å²) in [5, 5.41) is 4.81. The summed E-state index contributed by atoms with van der Waals surface area (Å²) in [6.07, 6.45) is 3.74. The summed E-state index contributed by atoms with van der Waals surface area (Å²) in [5.41, 5.74) is 2.47. The summed E-state index contributed by atoms with van der Waals surface area (Å²) in [4.78, 5) is 15.1. The molecule has 4 rings (SSSR count). The Morgan fingerprint density at radius 1 is 1.16 bits per heavy atom. The standard InChI is InChI=1S/C26H30FN3O2/c1-4-24-23(17-29(18(2)3)25(31)19-9-8-10-19)26(32-22-11-6-5-7-12-22)30(28-24)21-15-13-20(27)14-16-21/h5-7,11-16,18-19H,4,8-10,17H2,1-3H3. The molecule has 0 atom stereocenters. The number of aromatic nitrogens is 2. The summed E-state index contributed by atoms with van der Waals surface area (Å²) < 4.78 is 21.6. The Hall–Kier alpha value is -3.15. The summed E-state index contributed by atoms with van der Waals surface area (Å²) >= 11 is 0. The van der Waals surface area contributed by atoms with Crippen LogP contribution in [-0.4, -0.2) is 26.6 Å². The van der Waals surface area contributed by atoms with Crippen LogP contribution in [0.15, 0.2) is 54.6 Å². The lowest BCUT2D eigenvalue weighted by atomic mass is 9.84. The van der Waals surface area contributed by atoms with E-state index in [1.54, 1.807) is 16.8 Å². The molecule has 1 aromatic heterocycles. The topological polar surface area (TPSA) is 47.4 Å². The molecule has 1 heterocycles. The zero-order valence-corrected chi connectivity index (χ0v) is 18.9. The number of ether oxygens (including phenoxy) is 1. The Kier molecular flexibility index (Phi) is 6.58. The van der Waals surface area contributed by atoms with Crippen molar-refractivity contribution in [2.24, 2.45) is 5.92 Å². The quantitative estimate of drug-likeness (QED) is 0.442. The van der Waals surface area contributed by atoms with Gasteiger partial charge >= 0.3 is 0 Å². The smallest absolute Gasteiger partial charge is 0.227 e. The summed E-state index contributed by atoms with van der Waals surface area (Å²) in [6, 6.07) is 15.8. The average Bonchev–Trinajstić information content (AvgIpc) is 3.08. The highest BCUT2D eigenvalue weighted by atomic mass is 19.1. The number of halogens is 1. The van der Waals surface area contributed by atoms with Gasteiger partial charge in [-0.05, 0) is 69.5 Å². The lowest BCUT2D eigenvalue weighted by Crippen LogP contribution is -2.42. The average molecular weight is 436 g/mol. The van der Waals surface area contributed by atoms with Gasteiger partial charge in [0, 0.05) is 12.0 Å². The normalized spacial score (nSPS) is 13.8. The maximum atomic E-state index is 13.6. The molecule has 6 heteroatoms. The third kappa shape index (κ3) is 4.54. The molecular weight excluding hydrogens is 405 g/mol. The van der Waals surface area contributed by atoms with E-state index in [0.717, 1.165) is 30.5 Å². The van der Waals surface area contributed by atoms with Crippen molar-refractivity contribution in [1.82, 2.24) is 14.7 Å². The molecule has 0 bridgehead atoms. The van der Waals surface area contributed by atoms with Crippen molar-refractivity contribution < 1.29 is 13.9 Å². The molecule has 5 nitrogen and oxygen atoms in total. The predicted molar refractivity (Wildman–Crippen MR) is 122 cm³/mol. The van der Waals surface area contributed by atoms with Crippen molar-refractivity contribution in [3.05, 3.63) is 71.7 Å². The number of hydrogen-bond donors (Lipinski definition) is 0. The second kappa shape index (κ2) is 9.55.